The van der Waals surface area contributed by atoms with Gasteiger partial charge >= 0.3 is 0 Å². The molecule has 0 aliphatic rings. The summed E-state index contributed by atoms with van der Waals surface area (Å²) in [5, 5.41) is 0. The minimum Gasteiger partial charge on any atom is -0.195 e. The zero-order chi connectivity index (χ0) is 8.36. The highest BCUT2D eigenvalue weighted by atomic mass is 32.2. The summed E-state index contributed by atoms with van der Waals surface area (Å²) in [6.45, 7) is 2.29. The van der Waals surface area contributed by atoms with Gasteiger partial charge in [-0.2, -0.15) is 17.0 Å². The van der Waals surface area contributed by atoms with Crippen LogP contribution in [0.3, 0.4) is 0 Å². The van der Waals surface area contributed by atoms with E-state index in [4.69, 9.17) is 0 Å². The van der Waals surface area contributed by atoms with Crippen molar-refractivity contribution >= 4 is 10.2 Å². The van der Waals surface area contributed by atoms with Gasteiger partial charge in [0, 0.05) is 27.7 Å². The van der Waals surface area contributed by atoms with Crippen LogP contribution in [0.1, 0.15) is 6.92 Å². The largest absolute Gasteiger partial charge is 0.281 e. The van der Waals surface area contributed by atoms with Gasteiger partial charge in [-0.05, 0) is 0 Å². The van der Waals surface area contributed by atoms with E-state index in [1.807, 2.05) is 0 Å². The predicted octanol–water partition coefficient (Wildman–Crippen LogP) is -0.255. The Morgan fingerprint density at radius 3 is 1.70 bits per heavy atom. The van der Waals surface area contributed by atoms with Gasteiger partial charge in [0.05, 0.1) is 0 Å². The molecule has 0 fully saturated rings. The molecule has 0 spiro atoms. The Balaban J connectivity index is 4.42. The van der Waals surface area contributed by atoms with E-state index in [9.17, 15) is 8.42 Å². The quantitative estimate of drug-likeness (QED) is 0.580. The van der Waals surface area contributed by atoms with Crippen LogP contribution in [0.4, 0.5) is 0 Å². The second-order valence-corrected chi connectivity index (χ2v) is 4.45. The molecule has 10 heavy (non-hydrogen) atoms. The molecule has 0 bridgehead atoms. The van der Waals surface area contributed by atoms with Gasteiger partial charge in [0.15, 0.2) is 0 Å². The molecule has 0 N–H and O–H groups in total. The van der Waals surface area contributed by atoms with E-state index in [0.717, 1.165) is 0 Å². The Labute approximate surface area is 62.6 Å². The third-order valence-corrected chi connectivity index (χ3v) is 3.27. The van der Waals surface area contributed by atoms with Crippen LogP contribution in [0.5, 0.6) is 0 Å². The van der Waals surface area contributed by atoms with Crippen molar-refractivity contribution < 1.29 is 8.42 Å². The minimum absolute atomic E-state index is 0.501. The average molecular weight is 166 g/mol. The molecule has 0 saturated heterocycles. The maximum atomic E-state index is 11.1. The molecule has 62 valence electrons. The SMILES string of the molecule is CCN(C)S(=O)(=O)N(C)C. The Hall–Kier alpha value is -0.130. The van der Waals surface area contributed by atoms with Crippen LogP contribution in [-0.2, 0) is 10.2 Å². The Bertz CT molecular complexity index is 186. The number of nitrogens with zero attached hydrogens (tertiary/aromatic N) is 2. The molecule has 0 aliphatic carbocycles. The highest BCUT2D eigenvalue weighted by molar-refractivity contribution is 7.86. The third kappa shape index (κ3) is 1.93. The molecular formula is C5H14N2O2S. The van der Waals surface area contributed by atoms with E-state index in [0.29, 0.717) is 6.54 Å². The fourth-order valence-corrected chi connectivity index (χ4v) is 1.33. The first-order valence-corrected chi connectivity index (χ1v) is 4.46. The Morgan fingerprint density at radius 2 is 1.60 bits per heavy atom. The Kier molecular flexibility index (Phi) is 3.27. The third-order valence-electron chi connectivity index (χ3n) is 1.30. The first-order chi connectivity index (χ1) is 4.42. The van der Waals surface area contributed by atoms with Crippen molar-refractivity contribution in [1.29, 1.82) is 0 Å². The average Bonchev–Trinajstić information content (AvgIpc) is 1.86. The molecule has 0 amide bonds. The fourth-order valence-electron chi connectivity index (χ4n) is 0.442. The van der Waals surface area contributed by atoms with E-state index in [1.54, 1.807) is 14.0 Å². The van der Waals surface area contributed by atoms with E-state index in [2.05, 4.69) is 0 Å². The van der Waals surface area contributed by atoms with Crippen molar-refractivity contribution in [3.05, 3.63) is 0 Å². The van der Waals surface area contributed by atoms with Crippen LogP contribution >= 0.6 is 0 Å². The minimum atomic E-state index is -3.16. The molecule has 0 aliphatic heterocycles. The first-order valence-electron chi connectivity index (χ1n) is 3.06. The van der Waals surface area contributed by atoms with E-state index in [1.165, 1.54) is 22.7 Å². The van der Waals surface area contributed by atoms with Crippen LogP contribution in [0.15, 0.2) is 0 Å². The maximum Gasteiger partial charge on any atom is 0.281 e. The lowest BCUT2D eigenvalue weighted by Gasteiger charge is -2.19. The van der Waals surface area contributed by atoms with Crippen LogP contribution in [0.25, 0.3) is 0 Å². The van der Waals surface area contributed by atoms with Gasteiger partial charge in [-0.3, -0.25) is 0 Å². The van der Waals surface area contributed by atoms with Gasteiger partial charge in [0.25, 0.3) is 10.2 Å². The number of rotatable bonds is 3. The van der Waals surface area contributed by atoms with Crippen LogP contribution in [0, 0.1) is 0 Å². The molecule has 0 aromatic carbocycles. The summed E-state index contributed by atoms with van der Waals surface area (Å²) in [5.41, 5.74) is 0. The molecule has 0 radical (unpaired) electrons. The van der Waals surface area contributed by atoms with Crippen LogP contribution < -0.4 is 0 Å². The highest BCUT2D eigenvalue weighted by Gasteiger charge is 2.17. The summed E-state index contributed by atoms with van der Waals surface area (Å²) in [4.78, 5) is 0. The summed E-state index contributed by atoms with van der Waals surface area (Å²) >= 11 is 0. The molecular weight excluding hydrogens is 152 g/mol. The second kappa shape index (κ2) is 3.32. The van der Waals surface area contributed by atoms with Crippen molar-refractivity contribution in [2.24, 2.45) is 0 Å². The predicted molar refractivity (Wildman–Crippen MR) is 40.9 cm³/mol. The van der Waals surface area contributed by atoms with Gasteiger partial charge in [0.2, 0.25) is 0 Å². The van der Waals surface area contributed by atoms with E-state index < -0.39 is 10.2 Å². The smallest absolute Gasteiger partial charge is 0.195 e. The molecule has 0 heterocycles. The standard InChI is InChI=1S/C5H14N2O2S/c1-5-7(4)10(8,9)6(2)3/h5H2,1-4H3. The first kappa shape index (κ1) is 9.87. The molecule has 0 aromatic heterocycles. The lowest BCUT2D eigenvalue weighted by atomic mass is 10.8. The van der Waals surface area contributed by atoms with Crippen molar-refractivity contribution in [3.63, 3.8) is 0 Å². The summed E-state index contributed by atoms with van der Waals surface area (Å²) in [6.07, 6.45) is 0. The number of hydrogen-bond acceptors (Lipinski definition) is 2. The van der Waals surface area contributed by atoms with Gasteiger partial charge < -0.3 is 0 Å². The summed E-state index contributed by atoms with van der Waals surface area (Å²) in [5.74, 6) is 0. The van der Waals surface area contributed by atoms with Gasteiger partial charge in [-0.25, -0.2) is 0 Å². The molecule has 0 aromatic rings. The van der Waals surface area contributed by atoms with Crippen LogP contribution in [0.2, 0.25) is 0 Å². The van der Waals surface area contributed by atoms with Gasteiger partial charge in [-0.1, -0.05) is 6.92 Å². The van der Waals surface area contributed by atoms with Crippen LogP contribution in [-0.4, -0.2) is 44.7 Å². The maximum absolute atomic E-state index is 11.1. The van der Waals surface area contributed by atoms with Crippen molar-refractivity contribution in [1.82, 2.24) is 8.61 Å². The molecule has 0 atom stereocenters. The van der Waals surface area contributed by atoms with Crippen molar-refractivity contribution in [2.75, 3.05) is 27.7 Å². The molecule has 0 saturated carbocycles. The lowest BCUT2D eigenvalue weighted by molar-refractivity contribution is 0.428. The van der Waals surface area contributed by atoms with E-state index in [-0.39, 0.29) is 0 Å². The molecule has 0 unspecified atom stereocenters. The monoisotopic (exact) mass is 166 g/mol. The van der Waals surface area contributed by atoms with Gasteiger partial charge in [-0.15, -0.1) is 0 Å². The summed E-state index contributed by atoms with van der Waals surface area (Å²) < 4.78 is 24.7. The topological polar surface area (TPSA) is 40.6 Å². The Morgan fingerprint density at radius 1 is 1.20 bits per heavy atom. The fraction of sp³-hybridized carbons (Fsp3) is 1.00. The second-order valence-electron chi connectivity index (χ2n) is 2.20. The summed E-state index contributed by atoms with van der Waals surface area (Å²) in [6, 6.07) is 0. The molecule has 4 nitrogen and oxygen atoms in total. The number of hydrogen-bond donors (Lipinski definition) is 0. The summed E-state index contributed by atoms with van der Waals surface area (Å²) in [7, 11) is 1.42. The zero-order valence-electron chi connectivity index (χ0n) is 6.83. The van der Waals surface area contributed by atoms with E-state index >= 15 is 0 Å². The van der Waals surface area contributed by atoms with Crippen molar-refractivity contribution in [2.45, 2.75) is 6.92 Å². The lowest BCUT2D eigenvalue weighted by Crippen LogP contribution is -2.37. The molecule has 5 heteroatoms. The zero-order valence-corrected chi connectivity index (χ0v) is 7.64. The van der Waals surface area contributed by atoms with Crippen molar-refractivity contribution in [3.8, 4) is 0 Å². The van der Waals surface area contributed by atoms with Gasteiger partial charge in [0.1, 0.15) is 0 Å². The highest BCUT2D eigenvalue weighted by Crippen LogP contribution is 1.98. The molecule has 0 rings (SSSR count). The normalized spacial score (nSPS) is 13.0.